The van der Waals surface area contributed by atoms with Crippen LogP contribution in [0.3, 0.4) is 0 Å². The molecular weight excluding hydrogens is 235 g/mol. The lowest BCUT2D eigenvalue weighted by molar-refractivity contribution is 0.0938. The molecule has 0 fully saturated rings. The van der Waals surface area contributed by atoms with Crippen LogP contribution in [0.25, 0.3) is 11.3 Å². The predicted molar refractivity (Wildman–Crippen MR) is 64.4 cm³/mol. The van der Waals surface area contributed by atoms with Gasteiger partial charge in [-0.25, -0.2) is 4.39 Å². The first-order chi connectivity index (χ1) is 8.58. The molecule has 0 saturated carbocycles. The summed E-state index contributed by atoms with van der Waals surface area (Å²) in [5.41, 5.74) is 1.25. The highest BCUT2D eigenvalue weighted by Crippen LogP contribution is 2.19. The molecular formula is C12H13FN4O. The lowest BCUT2D eigenvalue weighted by Crippen LogP contribution is -2.30. The van der Waals surface area contributed by atoms with Gasteiger partial charge in [-0.3, -0.25) is 4.79 Å². The van der Waals surface area contributed by atoms with Crippen molar-refractivity contribution < 1.29 is 9.18 Å². The molecule has 94 valence electrons. The number of hydrogen-bond acceptors (Lipinski definition) is 3. The van der Waals surface area contributed by atoms with Crippen LogP contribution >= 0.6 is 0 Å². The van der Waals surface area contributed by atoms with E-state index < -0.39 is 0 Å². The number of carbonyl (C=O) groups is 1. The summed E-state index contributed by atoms with van der Waals surface area (Å²) in [6.45, 7) is 3.71. The average Bonchev–Trinajstić information content (AvgIpc) is 2.78. The minimum absolute atomic E-state index is 0.00951. The molecule has 2 N–H and O–H groups in total. The van der Waals surface area contributed by atoms with E-state index in [4.69, 9.17) is 0 Å². The van der Waals surface area contributed by atoms with Crippen LogP contribution in [0.5, 0.6) is 0 Å². The summed E-state index contributed by atoms with van der Waals surface area (Å²) in [5.74, 6) is -0.645. The molecule has 0 atom stereocenters. The normalized spacial score (nSPS) is 10.7. The Morgan fingerprint density at radius 1 is 1.28 bits per heavy atom. The van der Waals surface area contributed by atoms with Crippen LogP contribution in [0.4, 0.5) is 4.39 Å². The zero-order valence-corrected chi connectivity index (χ0v) is 10.1. The Balaban J connectivity index is 2.33. The molecule has 6 heteroatoms. The third-order valence-electron chi connectivity index (χ3n) is 2.30. The minimum atomic E-state index is -0.338. The van der Waals surface area contributed by atoms with Crippen LogP contribution in [-0.4, -0.2) is 27.4 Å². The summed E-state index contributed by atoms with van der Waals surface area (Å²) >= 11 is 0. The first-order valence-corrected chi connectivity index (χ1v) is 5.55. The second-order valence-electron chi connectivity index (χ2n) is 4.16. The molecule has 0 spiro atoms. The highest BCUT2D eigenvalue weighted by Gasteiger charge is 2.18. The Labute approximate surface area is 103 Å². The topological polar surface area (TPSA) is 70.7 Å². The van der Waals surface area contributed by atoms with E-state index in [1.165, 1.54) is 12.1 Å². The number of nitrogens with one attached hydrogen (secondary N) is 2. The molecule has 0 unspecified atom stereocenters. The highest BCUT2D eigenvalue weighted by atomic mass is 19.1. The second kappa shape index (κ2) is 4.95. The lowest BCUT2D eigenvalue weighted by atomic mass is 10.1. The second-order valence-corrected chi connectivity index (χ2v) is 4.16. The summed E-state index contributed by atoms with van der Waals surface area (Å²) in [6.07, 6.45) is 0. The summed E-state index contributed by atoms with van der Waals surface area (Å²) in [6, 6.07) is 5.75. The van der Waals surface area contributed by atoms with Crippen molar-refractivity contribution in [3.05, 3.63) is 35.8 Å². The van der Waals surface area contributed by atoms with E-state index in [0.717, 1.165) is 0 Å². The van der Waals surface area contributed by atoms with Crippen LogP contribution in [0.15, 0.2) is 24.3 Å². The van der Waals surface area contributed by atoms with Gasteiger partial charge in [0.25, 0.3) is 5.91 Å². The number of H-pyrrole nitrogens is 1. The largest absolute Gasteiger partial charge is 0.348 e. The summed E-state index contributed by atoms with van der Waals surface area (Å²) in [4.78, 5) is 11.9. The number of rotatable bonds is 3. The van der Waals surface area contributed by atoms with E-state index >= 15 is 0 Å². The van der Waals surface area contributed by atoms with Crippen LogP contribution in [-0.2, 0) is 0 Å². The average molecular weight is 248 g/mol. The third-order valence-corrected chi connectivity index (χ3v) is 2.30. The van der Waals surface area contributed by atoms with Crippen LogP contribution in [0.1, 0.15) is 24.3 Å². The summed E-state index contributed by atoms with van der Waals surface area (Å²) in [5, 5.41) is 12.9. The maximum absolute atomic E-state index is 12.8. The standard InChI is InChI=1S/C12H13FN4O/c1-7(2)14-12(18)11-10(15-17-16-11)8-3-5-9(13)6-4-8/h3-7H,1-2H3,(H,14,18)(H,15,16,17). The first-order valence-electron chi connectivity index (χ1n) is 5.55. The van der Waals surface area contributed by atoms with Gasteiger partial charge >= 0.3 is 0 Å². The van der Waals surface area contributed by atoms with E-state index in [1.54, 1.807) is 12.1 Å². The summed E-state index contributed by atoms with van der Waals surface area (Å²) in [7, 11) is 0. The predicted octanol–water partition coefficient (Wildman–Crippen LogP) is 1.75. The molecule has 1 heterocycles. The fourth-order valence-electron chi connectivity index (χ4n) is 1.53. The van der Waals surface area contributed by atoms with Crippen molar-refractivity contribution in [3.63, 3.8) is 0 Å². The monoisotopic (exact) mass is 248 g/mol. The third kappa shape index (κ3) is 2.53. The molecule has 2 aromatic rings. The Bertz CT molecular complexity index is 547. The molecule has 1 aromatic carbocycles. The SMILES string of the molecule is CC(C)NC(=O)c1n[nH]nc1-c1ccc(F)cc1. The van der Waals surface area contributed by atoms with E-state index in [0.29, 0.717) is 11.3 Å². The Morgan fingerprint density at radius 2 is 1.94 bits per heavy atom. The molecule has 0 aliphatic rings. The maximum Gasteiger partial charge on any atom is 0.274 e. The van der Waals surface area contributed by atoms with E-state index in [9.17, 15) is 9.18 Å². The van der Waals surface area contributed by atoms with Gasteiger partial charge in [0.2, 0.25) is 0 Å². The van der Waals surface area contributed by atoms with Crippen molar-refractivity contribution in [2.24, 2.45) is 0 Å². The molecule has 18 heavy (non-hydrogen) atoms. The van der Waals surface area contributed by atoms with Gasteiger partial charge in [0.05, 0.1) is 0 Å². The number of aromatic amines is 1. The molecule has 1 amide bonds. The first kappa shape index (κ1) is 12.2. The van der Waals surface area contributed by atoms with Crippen LogP contribution < -0.4 is 5.32 Å². The van der Waals surface area contributed by atoms with Gasteiger partial charge in [-0.15, -0.1) is 0 Å². The van der Waals surface area contributed by atoms with E-state index in [2.05, 4.69) is 20.7 Å². The van der Waals surface area contributed by atoms with Gasteiger partial charge in [-0.2, -0.15) is 15.4 Å². The van der Waals surface area contributed by atoms with Crippen molar-refractivity contribution >= 4 is 5.91 Å². The quantitative estimate of drug-likeness (QED) is 0.869. The molecule has 0 radical (unpaired) electrons. The van der Waals surface area contributed by atoms with Crippen LogP contribution in [0, 0.1) is 5.82 Å². The van der Waals surface area contributed by atoms with Gasteiger partial charge in [-0.05, 0) is 38.1 Å². The van der Waals surface area contributed by atoms with E-state index in [1.807, 2.05) is 13.8 Å². The number of aromatic nitrogens is 3. The highest BCUT2D eigenvalue weighted by molar-refractivity contribution is 5.97. The zero-order valence-electron chi connectivity index (χ0n) is 10.1. The van der Waals surface area contributed by atoms with E-state index in [-0.39, 0.29) is 23.5 Å². The fourth-order valence-corrected chi connectivity index (χ4v) is 1.53. The smallest absolute Gasteiger partial charge is 0.274 e. The van der Waals surface area contributed by atoms with Crippen molar-refractivity contribution in [2.45, 2.75) is 19.9 Å². The van der Waals surface area contributed by atoms with Crippen molar-refractivity contribution in [2.75, 3.05) is 0 Å². The minimum Gasteiger partial charge on any atom is -0.348 e. The number of hydrogen-bond donors (Lipinski definition) is 2. The van der Waals surface area contributed by atoms with Gasteiger partial charge in [0, 0.05) is 11.6 Å². The Hall–Kier alpha value is -2.24. The molecule has 0 bridgehead atoms. The number of amides is 1. The number of nitrogens with zero attached hydrogens (tertiary/aromatic N) is 2. The Kier molecular flexibility index (Phi) is 3.36. The number of benzene rings is 1. The molecule has 0 aliphatic heterocycles. The van der Waals surface area contributed by atoms with Crippen molar-refractivity contribution in [3.8, 4) is 11.3 Å². The van der Waals surface area contributed by atoms with Gasteiger partial charge in [-0.1, -0.05) is 0 Å². The van der Waals surface area contributed by atoms with Gasteiger partial charge < -0.3 is 5.32 Å². The lowest BCUT2D eigenvalue weighted by Gasteiger charge is -2.06. The maximum atomic E-state index is 12.8. The zero-order chi connectivity index (χ0) is 13.1. The molecule has 2 rings (SSSR count). The molecule has 5 nitrogen and oxygen atoms in total. The molecule has 0 aliphatic carbocycles. The molecule has 0 saturated heterocycles. The van der Waals surface area contributed by atoms with Gasteiger partial charge in [0.1, 0.15) is 11.5 Å². The molecule has 1 aromatic heterocycles. The van der Waals surface area contributed by atoms with Crippen molar-refractivity contribution in [1.82, 2.24) is 20.7 Å². The van der Waals surface area contributed by atoms with Crippen molar-refractivity contribution in [1.29, 1.82) is 0 Å². The van der Waals surface area contributed by atoms with Gasteiger partial charge in [0.15, 0.2) is 5.69 Å². The van der Waals surface area contributed by atoms with Crippen LogP contribution in [0.2, 0.25) is 0 Å². The number of carbonyl (C=O) groups excluding carboxylic acids is 1. The fraction of sp³-hybridized carbons (Fsp3) is 0.250. The Morgan fingerprint density at radius 3 is 2.56 bits per heavy atom. The summed E-state index contributed by atoms with van der Waals surface area (Å²) < 4.78 is 12.8. The number of halogens is 1.